The van der Waals surface area contributed by atoms with Crippen molar-refractivity contribution in [2.75, 3.05) is 10.6 Å². The minimum Gasteiger partial charge on any atom is -0.459 e. The third kappa shape index (κ3) is 4.40. The normalized spacial score (nSPS) is 10.3. The summed E-state index contributed by atoms with van der Waals surface area (Å²) in [6.07, 6.45) is 1.41. The van der Waals surface area contributed by atoms with Gasteiger partial charge in [0.05, 0.1) is 17.5 Å². The zero-order chi connectivity index (χ0) is 17.8. The van der Waals surface area contributed by atoms with Gasteiger partial charge in [0.1, 0.15) is 0 Å². The zero-order valence-corrected chi connectivity index (χ0v) is 15.7. The Hall–Kier alpha value is -2.32. The van der Waals surface area contributed by atoms with Crippen molar-refractivity contribution < 1.29 is 14.0 Å². The molecular weight excluding hydrogens is 455 g/mol. The Morgan fingerprint density at radius 3 is 2.52 bits per heavy atom. The van der Waals surface area contributed by atoms with E-state index in [1.54, 1.807) is 54.6 Å². The molecule has 5 nitrogen and oxygen atoms in total. The predicted molar refractivity (Wildman–Crippen MR) is 105 cm³/mol. The van der Waals surface area contributed by atoms with Crippen molar-refractivity contribution in [3.63, 3.8) is 0 Å². The molecule has 3 aromatic rings. The lowest BCUT2D eigenvalue weighted by Gasteiger charge is -2.12. The van der Waals surface area contributed by atoms with E-state index in [4.69, 9.17) is 16.0 Å². The molecule has 0 saturated heterocycles. The third-order valence-electron chi connectivity index (χ3n) is 3.30. The second-order valence-electron chi connectivity index (χ2n) is 5.09. The fourth-order valence-electron chi connectivity index (χ4n) is 2.17. The molecule has 0 atom stereocenters. The molecule has 25 heavy (non-hydrogen) atoms. The number of benzene rings is 2. The van der Waals surface area contributed by atoms with Crippen molar-refractivity contribution in [3.8, 4) is 0 Å². The Labute approximate surface area is 162 Å². The van der Waals surface area contributed by atoms with Gasteiger partial charge >= 0.3 is 0 Å². The number of hydrogen-bond donors (Lipinski definition) is 2. The van der Waals surface area contributed by atoms with Gasteiger partial charge in [-0.25, -0.2) is 0 Å². The lowest BCUT2D eigenvalue weighted by molar-refractivity contribution is 0.0996. The summed E-state index contributed by atoms with van der Waals surface area (Å²) in [5.41, 5.74) is 1.30. The molecule has 2 amide bonds. The minimum absolute atomic E-state index is 0.166. The Bertz CT molecular complexity index is 926. The van der Waals surface area contributed by atoms with Crippen molar-refractivity contribution in [3.05, 3.63) is 80.8 Å². The van der Waals surface area contributed by atoms with Crippen LogP contribution < -0.4 is 10.6 Å². The topological polar surface area (TPSA) is 71.3 Å². The van der Waals surface area contributed by atoms with E-state index in [1.165, 1.54) is 6.26 Å². The van der Waals surface area contributed by atoms with Gasteiger partial charge in [-0.3, -0.25) is 9.59 Å². The number of nitrogens with one attached hydrogen (secondary N) is 2. The van der Waals surface area contributed by atoms with Crippen molar-refractivity contribution in [2.24, 2.45) is 0 Å². The summed E-state index contributed by atoms with van der Waals surface area (Å²) in [5.74, 6) is -0.613. The maximum Gasteiger partial charge on any atom is 0.291 e. The number of carbonyl (C=O) groups is 2. The predicted octanol–water partition coefficient (Wildman–Crippen LogP) is 5.04. The van der Waals surface area contributed by atoms with E-state index in [0.29, 0.717) is 22.0 Å². The van der Waals surface area contributed by atoms with Gasteiger partial charge in [0, 0.05) is 14.3 Å². The van der Waals surface area contributed by atoms with Crippen LogP contribution >= 0.6 is 34.2 Å². The van der Waals surface area contributed by atoms with Gasteiger partial charge in [0.2, 0.25) is 0 Å². The summed E-state index contributed by atoms with van der Waals surface area (Å²) in [6, 6.07) is 15.2. The molecule has 0 unspecified atom stereocenters. The summed E-state index contributed by atoms with van der Waals surface area (Å²) in [5, 5.41) is 5.99. The SMILES string of the molecule is O=C(Nc1ccc(I)cc1C(=O)Nc1cccc(Cl)c1)c1ccco1. The Morgan fingerprint density at radius 1 is 0.960 bits per heavy atom. The first-order chi connectivity index (χ1) is 12.0. The average Bonchev–Trinajstić information content (AvgIpc) is 3.11. The van der Waals surface area contributed by atoms with Gasteiger partial charge in [-0.1, -0.05) is 17.7 Å². The minimum atomic E-state index is -0.428. The van der Waals surface area contributed by atoms with Crippen LogP contribution in [0.4, 0.5) is 11.4 Å². The summed E-state index contributed by atoms with van der Waals surface area (Å²) in [6.45, 7) is 0. The Morgan fingerprint density at radius 2 is 1.80 bits per heavy atom. The standard InChI is InChI=1S/C18H12ClIN2O3/c19-11-3-1-4-13(9-11)21-17(23)14-10-12(20)6-7-15(14)22-18(24)16-5-2-8-25-16/h1-10H,(H,21,23)(H,22,24). The molecule has 2 aromatic carbocycles. The summed E-state index contributed by atoms with van der Waals surface area (Å²) >= 11 is 8.04. The van der Waals surface area contributed by atoms with Crippen LogP contribution in [0.25, 0.3) is 0 Å². The van der Waals surface area contributed by atoms with Gasteiger partial charge in [-0.05, 0) is 71.1 Å². The Balaban J connectivity index is 1.85. The maximum absolute atomic E-state index is 12.6. The van der Waals surface area contributed by atoms with E-state index < -0.39 is 5.91 Å². The molecule has 0 fully saturated rings. The van der Waals surface area contributed by atoms with Crippen molar-refractivity contribution in [1.29, 1.82) is 0 Å². The van der Waals surface area contributed by atoms with E-state index in [-0.39, 0.29) is 11.7 Å². The summed E-state index contributed by atoms with van der Waals surface area (Å²) < 4.78 is 5.94. The van der Waals surface area contributed by atoms with E-state index in [0.717, 1.165) is 3.57 Å². The lowest BCUT2D eigenvalue weighted by Crippen LogP contribution is -2.18. The first-order valence-corrected chi connectivity index (χ1v) is 8.70. The molecule has 0 bridgehead atoms. The van der Waals surface area contributed by atoms with Crippen LogP contribution in [-0.4, -0.2) is 11.8 Å². The van der Waals surface area contributed by atoms with Gasteiger partial charge in [-0.15, -0.1) is 0 Å². The Kier molecular flexibility index (Phi) is 5.40. The highest BCUT2D eigenvalue weighted by Gasteiger charge is 2.16. The van der Waals surface area contributed by atoms with Crippen molar-refractivity contribution in [2.45, 2.75) is 0 Å². The third-order valence-corrected chi connectivity index (χ3v) is 4.21. The van der Waals surface area contributed by atoms with E-state index >= 15 is 0 Å². The summed E-state index contributed by atoms with van der Waals surface area (Å²) in [4.78, 5) is 24.8. The number of hydrogen-bond acceptors (Lipinski definition) is 3. The fraction of sp³-hybridized carbons (Fsp3) is 0. The van der Waals surface area contributed by atoms with Gasteiger partial charge in [-0.2, -0.15) is 0 Å². The first kappa shape index (κ1) is 17.5. The molecule has 126 valence electrons. The zero-order valence-electron chi connectivity index (χ0n) is 12.8. The quantitative estimate of drug-likeness (QED) is 0.529. The van der Waals surface area contributed by atoms with Crippen LogP contribution in [0.1, 0.15) is 20.9 Å². The summed E-state index contributed by atoms with van der Waals surface area (Å²) in [7, 11) is 0. The lowest BCUT2D eigenvalue weighted by atomic mass is 10.1. The molecule has 3 rings (SSSR count). The molecule has 7 heteroatoms. The highest BCUT2D eigenvalue weighted by Crippen LogP contribution is 2.22. The molecule has 0 saturated carbocycles. The molecular formula is C18H12ClIN2O3. The second-order valence-corrected chi connectivity index (χ2v) is 6.77. The molecule has 0 radical (unpaired) electrons. The van der Waals surface area contributed by atoms with Crippen molar-refractivity contribution in [1.82, 2.24) is 0 Å². The molecule has 2 N–H and O–H groups in total. The van der Waals surface area contributed by atoms with E-state index in [1.807, 2.05) is 0 Å². The van der Waals surface area contributed by atoms with Crippen LogP contribution in [0.15, 0.2) is 65.3 Å². The van der Waals surface area contributed by atoms with Gasteiger partial charge < -0.3 is 15.1 Å². The van der Waals surface area contributed by atoms with E-state index in [2.05, 4.69) is 33.2 Å². The smallest absolute Gasteiger partial charge is 0.291 e. The molecule has 0 spiro atoms. The fourth-order valence-corrected chi connectivity index (χ4v) is 2.85. The van der Waals surface area contributed by atoms with Gasteiger partial charge in [0.25, 0.3) is 11.8 Å². The van der Waals surface area contributed by atoms with E-state index in [9.17, 15) is 9.59 Å². The highest BCUT2D eigenvalue weighted by molar-refractivity contribution is 14.1. The van der Waals surface area contributed by atoms with Crippen LogP contribution in [0.5, 0.6) is 0 Å². The average molecular weight is 467 g/mol. The van der Waals surface area contributed by atoms with Gasteiger partial charge in [0.15, 0.2) is 5.76 Å². The number of anilines is 2. The first-order valence-electron chi connectivity index (χ1n) is 7.24. The highest BCUT2D eigenvalue weighted by atomic mass is 127. The number of rotatable bonds is 4. The molecule has 1 heterocycles. The molecule has 0 aliphatic carbocycles. The van der Waals surface area contributed by atoms with Crippen molar-refractivity contribution >= 4 is 57.4 Å². The maximum atomic E-state index is 12.6. The largest absolute Gasteiger partial charge is 0.459 e. The molecule has 1 aromatic heterocycles. The van der Waals surface area contributed by atoms with Crippen LogP contribution in [0, 0.1) is 3.57 Å². The monoisotopic (exact) mass is 466 g/mol. The number of carbonyl (C=O) groups excluding carboxylic acids is 2. The van der Waals surface area contributed by atoms with Crippen LogP contribution in [0.2, 0.25) is 5.02 Å². The number of halogens is 2. The number of amides is 2. The van der Waals surface area contributed by atoms with Crippen LogP contribution in [-0.2, 0) is 0 Å². The second kappa shape index (κ2) is 7.71. The van der Waals surface area contributed by atoms with Crippen LogP contribution in [0.3, 0.4) is 0 Å². The molecule has 0 aliphatic rings. The molecule has 0 aliphatic heterocycles. The number of furan rings is 1.